The lowest BCUT2D eigenvalue weighted by Gasteiger charge is -2.23. The van der Waals surface area contributed by atoms with E-state index in [1.54, 1.807) is 12.1 Å². The molecule has 0 unspecified atom stereocenters. The van der Waals surface area contributed by atoms with Crippen molar-refractivity contribution in [2.45, 2.75) is 26.7 Å². The van der Waals surface area contributed by atoms with Gasteiger partial charge in [0.25, 0.3) is 0 Å². The van der Waals surface area contributed by atoms with Crippen LogP contribution in [-0.2, 0) is 9.53 Å². The fourth-order valence-electron chi connectivity index (χ4n) is 2.88. The van der Waals surface area contributed by atoms with Crippen molar-refractivity contribution >= 4 is 5.97 Å². The SMILES string of the molecule is C=C(C(=O)OC)C1=C(Oc2cccc(Oc3ccccc3)n2)CC(C)=C(C)C1. The molecule has 0 saturated carbocycles. The summed E-state index contributed by atoms with van der Waals surface area (Å²) in [6, 6.07) is 14.7. The number of para-hydroxylation sites is 1. The molecule has 5 nitrogen and oxygen atoms in total. The molecule has 1 heterocycles. The third-order valence-corrected chi connectivity index (χ3v) is 4.62. The number of rotatable bonds is 6. The van der Waals surface area contributed by atoms with Crippen molar-refractivity contribution in [2.75, 3.05) is 7.11 Å². The molecule has 3 rings (SSSR count). The van der Waals surface area contributed by atoms with E-state index in [0.717, 1.165) is 5.57 Å². The Bertz CT molecular complexity index is 958. The van der Waals surface area contributed by atoms with Crippen molar-refractivity contribution in [1.82, 2.24) is 4.98 Å². The Morgan fingerprint density at radius 3 is 2.25 bits per heavy atom. The average molecular weight is 377 g/mol. The van der Waals surface area contributed by atoms with Gasteiger partial charge in [-0.1, -0.05) is 42.0 Å². The van der Waals surface area contributed by atoms with E-state index in [1.165, 1.54) is 18.3 Å². The van der Waals surface area contributed by atoms with Crippen molar-refractivity contribution < 1.29 is 19.0 Å². The zero-order valence-corrected chi connectivity index (χ0v) is 16.3. The maximum absolute atomic E-state index is 12.0. The molecule has 0 aliphatic heterocycles. The van der Waals surface area contributed by atoms with Crippen molar-refractivity contribution in [1.29, 1.82) is 0 Å². The summed E-state index contributed by atoms with van der Waals surface area (Å²) < 4.78 is 16.7. The van der Waals surface area contributed by atoms with Gasteiger partial charge in [0.15, 0.2) is 0 Å². The van der Waals surface area contributed by atoms with Gasteiger partial charge < -0.3 is 14.2 Å². The second kappa shape index (κ2) is 8.57. The highest BCUT2D eigenvalue weighted by Gasteiger charge is 2.24. The van der Waals surface area contributed by atoms with Crippen LogP contribution in [0.4, 0.5) is 0 Å². The van der Waals surface area contributed by atoms with E-state index in [2.05, 4.69) is 18.5 Å². The van der Waals surface area contributed by atoms with Gasteiger partial charge in [-0.3, -0.25) is 0 Å². The molecule has 0 N–H and O–H groups in total. The molecule has 1 aliphatic rings. The van der Waals surface area contributed by atoms with E-state index in [-0.39, 0.29) is 0 Å². The number of hydrogen-bond acceptors (Lipinski definition) is 5. The first kappa shape index (κ1) is 19.4. The lowest BCUT2D eigenvalue weighted by atomic mass is 9.88. The summed E-state index contributed by atoms with van der Waals surface area (Å²) in [5, 5.41) is 0. The number of methoxy groups -OCH3 is 1. The first-order valence-electron chi connectivity index (χ1n) is 9.00. The molecule has 0 fully saturated rings. The summed E-state index contributed by atoms with van der Waals surface area (Å²) in [4.78, 5) is 16.4. The summed E-state index contributed by atoms with van der Waals surface area (Å²) in [5.41, 5.74) is 3.45. The second-order valence-corrected chi connectivity index (χ2v) is 6.62. The van der Waals surface area contributed by atoms with Gasteiger partial charge in [0.05, 0.1) is 12.7 Å². The van der Waals surface area contributed by atoms with Crippen LogP contribution in [0.1, 0.15) is 26.7 Å². The van der Waals surface area contributed by atoms with Gasteiger partial charge in [0.2, 0.25) is 11.8 Å². The number of pyridine rings is 1. The Balaban J connectivity index is 1.86. The zero-order chi connectivity index (χ0) is 20.1. The topological polar surface area (TPSA) is 57.7 Å². The number of hydrogen-bond donors (Lipinski definition) is 0. The van der Waals surface area contributed by atoms with E-state index < -0.39 is 5.97 Å². The summed E-state index contributed by atoms with van der Waals surface area (Å²) in [5.74, 6) is 1.71. The highest BCUT2D eigenvalue weighted by atomic mass is 16.5. The normalized spacial score (nSPS) is 14.0. The molecule has 28 heavy (non-hydrogen) atoms. The summed E-state index contributed by atoms with van der Waals surface area (Å²) in [7, 11) is 1.34. The van der Waals surface area contributed by atoms with Crippen LogP contribution in [0.15, 0.2) is 83.2 Å². The Labute approximate surface area is 165 Å². The molecular formula is C23H23NO4. The van der Waals surface area contributed by atoms with Crippen molar-refractivity contribution in [2.24, 2.45) is 0 Å². The first-order chi connectivity index (χ1) is 13.5. The van der Waals surface area contributed by atoms with Crippen LogP contribution in [0.3, 0.4) is 0 Å². The minimum Gasteiger partial charge on any atom is -0.465 e. The van der Waals surface area contributed by atoms with Gasteiger partial charge in [0.1, 0.15) is 11.5 Å². The standard InChI is InChI=1S/C23H23NO4/c1-15-13-19(17(3)23(25)26-4)20(14-16(15)2)28-22-12-8-11-21(24-22)27-18-9-6-5-7-10-18/h5-12H,3,13-14H2,1-2,4H3. The molecule has 0 atom stereocenters. The molecule has 1 aromatic heterocycles. The number of carbonyl (C=O) groups is 1. The molecule has 1 aliphatic carbocycles. The Hall–Kier alpha value is -3.34. The molecule has 5 heteroatoms. The van der Waals surface area contributed by atoms with Gasteiger partial charge in [-0.2, -0.15) is 4.98 Å². The van der Waals surface area contributed by atoms with Gasteiger partial charge >= 0.3 is 5.97 Å². The van der Waals surface area contributed by atoms with Gasteiger partial charge in [0, 0.05) is 24.1 Å². The third kappa shape index (κ3) is 4.49. The highest BCUT2D eigenvalue weighted by Crippen LogP contribution is 2.35. The summed E-state index contributed by atoms with van der Waals surface area (Å²) in [6.07, 6.45) is 1.18. The minimum atomic E-state index is -0.461. The fraction of sp³-hybridized carbons (Fsp3) is 0.217. The Morgan fingerprint density at radius 1 is 0.929 bits per heavy atom. The number of esters is 1. The van der Waals surface area contributed by atoms with Gasteiger partial charge in [-0.15, -0.1) is 0 Å². The molecule has 144 valence electrons. The molecule has 2 aromatic rings. The quantitative estimate of drug-likeness (QED) is 0.385. The fourth-order valence-corrected chi connectivity index (χ4v) is 2.88. The average Bonchev–Trinajstić information content (AvgIpc) is 2.70. The highest BCUT2D eigenvalue weighted by molar-refractivity contribution is 5.93. The van der Waals surface area contributed by atoms with Crippen LogP contribution in [0.5, 0.6) is 17.5 Å². The van der Waals surface area contributed by atoms with Gasteiger partial charge in [-0.05, 0) is 32.4 Å². The molecule has 0 radical (unpaired) electrons. The Kier molecular flexibility index (Phi) is 5.94. The number of allylic oxidation sites excluding steroid dienone is 2. The molecular weight excluding hydrogens is 354 g/mol. The first-order valence-corrected chi connectivity index (χ1v) is 9.00. The molecule has 0 bridgehead atoms. The molecule has 0 saturated heterocycles. The third-order valence-electron chi connectivity index (χ3n) is 4.62. The van der Waals surface area contributed by atoms with E-state index in [0.29, 0.717) is 41.7 Å². The van der Waals surface area contributed by atoms with Crippen LogP contribution in [-0.4, -0.2) is 18.1 Å². The van der Waals surface area contributed by atoms with Crippen LogP contribution >= 0.6 is 0 Å². The van der Waals surface area contributed by atoms with E-state index >= 15 is 0 Å². The van der Waals surface area contributed by atoms with Crippen molar-refractivity contribution in [3.05, 3.63) is 83.2 Å². The predicted molar refractivity (Wildman–Crippen MR) is 107 cm³/mol. The van der Waals surface area contributed by atoms with Crippen LogP contribution in [0, 0.1) is 0 Å². The Morgan fingerprint density at radius 2 is 1.57 bits per heavy atom. The van der Waals surface area contributed by atoms with E-state index in [9.17, 15) is 4.79 Å². The lowest BCUT2D eigenvalue weighted by Crippen LogP contribution is -2.15. The maximum Gasteiger partial charge on any atom is 0.337 e. The zero-order valence-electron chi connectivity index (χ0n) is 16.3. The van der Waals surface area contributed by atoms with Crippen LogP contribution < -0.4 is 9.47 Å². The molecule has 0 amide bonds. The van der Waals surface area contributed by atoms with Crippen molar-refractivity contribution in [3.8, 4) is 17.5 Å². The van der Waals surface area contributed by atoms with Crippen LogP contribution in [0.2, 0.25) is 0 Å². The number of nitrogens with zero attached hydrogens (tertiary/aromatic N) is 1. The number of benzene rings is 1. The van der Waals surface area contributed by atoms with E-state index in [4.69, 9.17) is 14.2 Å². The smallest absolute Gasteiger partial charge is 0.337 e. The van der Waals surface area contributed by atoms with Crippen molar-refractivity contribution in [3.63, 3.8) is 0 Å². The number of aromatic nitrogens is 1. The number of carbonyl (C=O) groups excluding carboxylic acids is 1. The largest absolute Gasteiger partial charge is 0.465 e. The predicted octanol–water partition coefficient (Wildman–Crippen LogP) is 5.37. The summed E-state index contributed by atoms with van der Waals surface area (Å²) in [6.45, 7) is 7.99. The van der Waals surface area contributed by atoms with E-state index in [1.807, 2.05) is 43.3 Å². The second-order valence-electron chi connectivity index (χ2n) is 6.62. The number of ether oxygens (including phenoxy) is 3. The monoisotopic (exact) mass is 377 g/mol. The summed E-state index contributed by atoms with van der Waals surface area (Å²) >= 11 is 0. The molecule has 0 spiro atoms. The lowest BCUT2D eigenvalue weighted by molar-refractivity contribution is -0.135. The maximum atomic E-state index is 12.0. The van der Waals surface area contributed by atoms with Gasteiger partial charge in [-0.25, -0.2) is 4.79 Å². The molecule has 1 aromatic carbocycles. The minimum absolute atomic E-state index is 0.307. The van der Waals surface area contributed by atoms with Crippen LogP contribution in [0.25, 0.3) is 0 Å².